The molecule has 1 aromatic rings. The van der Waals surface area contributed by atoms with Crippen LogP contribution < -0.4 is 0 Å². The minimum Gasteiger partial charge on any atom is -0.479 e. The molecule has 2 unspecified atom stereocenters. The lowest BCUT2D eigenvalue weighted by atomic mass is 9.98. The lowest BCUT2D eigenvalue weighted by Crippen LogP contribution is -2.26. The van der Waals surface area contributed by atoms with Crippen LogP contribution in [0.4, 0.5) is 0 Å². The summed E-state index contributed by atoms with van der Waals surface area (Å²) < 4.78 is 10.9. The van der Waals surface area contributed by atoms with Crippen molar-refractivity contribution in [3.8, 4) is 0 Å². The zero-order chi connectivity index (χ0) is 12.3. The van der Waals surface area contributed by atoms with Crippen LogP contribution in [0, 0.1) is 0 Å². The molecule has 1 aliphatic heterocycles. The van der Waals surface area contributed by atoms with Gasteiger partial charge in [-0.1, -0.05) is 24.3 Å². The third kappa shape index (κ3) is 2.84. The van der Waals surface area contributed by atoms with Gasteiger partial charge in [0.05, 0.1) is 13.2 Å². The molecular weight excluding hydrogens is 220 g/mol. The number of hydrogen-bond acceptors (Lipinski definition) is 3. The molecule has 0 saturated heterocycles. The first-order valence-electron chi connectivity index (χ1n) is 5.72. The summed E-state index contributed by atoms with van der Waals surface area (Å²) in [5.41, 5.74) is 2.37. The monoisotopic (exact) mass is 236 g/mol. The lowest BCUT2D eigenvalue weighted by Gasteiger charge is -2.26. The van der Waals surface area contributed by atoms with Gasteiger partial charge in [-0.25, -0.2) is 4.79 Å². The SMILES string of the molecule is CC(OCC1OCCc2ccccc21)C(=O)O. The van der Waals surface area contributed by atoms with Gasteiger partial charge in [-0.05, 0) is 24.5 Å². The maximum atomic E-state index is 10.7. The maximum Gasteiger partial charge on any atom is 0.332 e. The first-order chi connectivity index (χ1) is 8.18. The average molecular weight is 236 g/mol. The Balaban J connectivity index is 2.01. The zero-order valence-electron chi connectivity index (χ0n) is 9.76. The molecule has 0 spiro atoms. The minimum atomic E-state index is -0.950. The normalized spacial score (nSPS) is 20.6. The van der Waals surface area contributed by atoms with Gasteiger partial charge in [-0.2, -0.15) is 0 Å². The van der Waals surface area contributed by atoms with Gasteiger partial charge in [-0.15, -0.1) is 0 Å². The Hall–Kier alpha value is -1.39. The van der Waals surface area contributed by atoms with Gasteiger partial charge >= 0.3 is 5.97 Å². The quantitative estimate of drug-likeness (QED) is 0.866. The first-order valence-corrected chi connectivity index (χ1v) is 5.72. The number of carboxylic acid groups (broad SMARTS) is 1. The molecule has 92 valence electrons. The molecule has 0 bridgehead atoms. The van der Waals surface area contributed by atoms with Crippen molar-refractivity contribution >= 4 is 5.97 Å². The van der Waals surface area contributed by atoms with E-state index in [1.165, 1.54) is 12.5 Å². The molecule has 2 atom stereocenters. The molecule has 1 heterocycles. The van der Waals surface area contributed by atoms with Crippen LogP contribution in [0.5, 0.6) is 0 Å². The van der Waals surface area contributed by atoms with E-state index in [9.17, 15) is 4.79 Å². The third-order valence-electron chi connectivity index (χ3n) is 2.94. The van der Waals surface area contributed by atoms with Crippen molar-refractivity contribution in [1.82, 2.24) is 0 Å². The van der Waals surface area contributed by atoms with Gasteiger partial charge < -0.3 is 14.6 Å². The second-order valence-electron chi connectivity index (χ2n) is 4.12. The molecule has 2 rings (SSSR count). The number of ether oxygens (including phenoxy) is 2. The van der Waals surface area contributed by atoms with Crippen molar-refractivity contribution in [1.29, 1.82) is 0 Å². The van der Waals surface area contributed by atoms with E-state index < -0.39 is 12.1 Å². The smallest absolute Gasteiger partial charge is 0.332 e. The Morgan fingerprint density at radius 2 is 2.35 bits per heavy atom. The molecule has 0 radical (unpaired) electrons. The summed E-state index contributed by atoms with van der Waals surface area (Å²) in [5.74, 6) is -0.950. The van der Waals surface area contributed by atoms with Gasteiger partial charge in [-0.3, -0.25) is 0 Å². The van der Waals surface area contributed by atoms with E-state index in [1.807, 2.05) is 18.2 Å². The Morgan fingerprint density at radius 3 is 3.12 bits per heavy atom. The molecule has 1 aromatic carbocycles. The van der Waals surface area contributed by atoms with Crippen LogP contribution in [-0.2, 0) is 20.7 Å². The van der Waals surface area contributed by atoms with Crippen molar-refractivity contribution in [2.24, 2.45) is 0 Å². The molecule has 4 heteroatoms. The molecule has 0 aromatic heterocycles. The van der Waals surface area contributed by atoms with Gasteiger partial charge in [0.15, 0.2) is 6.10 Å². The molecule has 0 amide bonds. The molecule has 0 saturated carbocycles. The average Bonchev–Trinajstić information content (AvgIpc) is 2.35. The Bertz CT molecular complexity index is 402. The third-order valence-corrected chi connectivity index (χ3v) is 2.94. The van der Waals surface area contributed by atoms with E-state index in [-0.39, 0.29) is 12.7 Å². The number of rotatable bonds is 4. The van der Waals surface area contributed by atoms with Crippen LogP contribution in [0.15, 0.2) is 24.3 Å². The van der Waals surface area contributed by atoms with Crippen molar-refractivity contribution < 1.29 is 19.4 Å². The molecule has 4 nitrogen and oxygen atoms in total. The summed E-state index contributed by atoms with van der Waals surface area (Å²) in [4.78, 5) is 10.7. The Kier molecular flexibility index (Phi) is 3.76. The fourth-order valence-corrected chi connectivity index (χ4v) is 1.92. The summed E-state index contributed by atoms with van der Waals surface area (Å²) in [6, 6.07) is 8.04. The highest BCUT2D eigenvalue weighted by Crippen LogP contribution is 2.27. The van der Waals surface area contributed by atoms with Gasteiger partial charge in [0.25, 0.3) is 0 Å². The van der Waals surface area contributed by atoms with Crippen molar-refractivity contribution in [2.75, 3.05) is 13.2 Å². The molecule has 0 aliphatic carbocycles. The van der Waals surface area contributed by atoms with Crippen LogP contribution in [-0.4, -0.2) is 30.4 Å². The van der Waals surface area contributed by atoms with Gasteiger partial charge in [0, 0.05) is 0 Å². The van der Waals surface area contributed by atoms with Crippen LogP contribution in [0.1, 0.15) is 24.2 Å². The minimum absolute atomic E-state index is 0.151. The summed E-state index contributed by atoms with van der Waals surface area (Å²) in [6.45, 7) is 2.47. The van der Waals surface area contributed by atoms with E-state index >= 15 is 0 Å². The molecular formula is C13H16O4. The Morgan fingerprint density at radius 1 is 1.59 bits per heavy atom. The largest absolute Gasteiger partial charge is 0.479 e. The van der Waals surface area contributed by atoms with Gasteiger partial charge in [0.2, 0.25) is 0 Å². The summed E-state index contributed by atoms with van der Waals surface area (Å²) in [6.07, 6.45) is -0.0457. The second-order valence-corrected chi connectivity index (χ2v) is 4.12. The zero-order valence-corrected chi connectivity index (χ0v) is 9.76. The second kappa shape index (κ2) is 5.29. The van der Waals surface area contributed by atoms with E-state index in [1.54, 1.807) is 0 Å². The van der Waals surface area contributed by atoms with E-state index in [0.717, 1.165) is 12.0 Å². The highest BCUT2D eigenvalue weighted by atomic mass is 16.5. The number of fused-ring (bicyclic) bond motifs is 1. The van der Waals surface area contributed by atoms with Crippen molar-refractivity contribution in [2.45, 2.75) is 25.6 Å². The van der Waals surface area contributed by atoms with Crippen LogP contribution in [0.25, 0.3) is 0 Å². The maximum absolute atomic E-state index is 10.7. The standard InChI is InChI=1S/C13H16O4/c1-9(13(14)15)17-8-12-11-5-3-2-4-10(11)6-7-16-12/h2-5,9,12H,6-8H2,1H3,(H,14,15). The topological polar surface area (TPSA) is 55.8 Å². The number of benzene rings is 1. The highest BCUT2D eigenvalue weighted by molar-refractivity contribution is 5.71. The van der Waals surface area contributed by atoms with Crippen LogP contribution >= 0.6 is 0 Å². The van der Waals surface area contributed by atoms with Crippen molar-refractivity contribution in [3.05, 3.63) is 35.4 Å². The van der Waals surface area contributed by atoms with E-state index in [4.69, 9.17) is 14.6 Å². The number of carboxylic acids is 1. The molecule has 17 heavy (non-hydrogen) atoms. The van der Waals surface area contributed by atoms with E-state index in [0.29, 0.717) is 6.61 Å². The molecule has 0 fully saturated rings. The number of aliphatic carboxylic acids is 1. The fraction of sp³-hybridized carbons (Fsp3) is 0.462. The highest BCUT2D eigenvalue weighted by Gasteiger charge is 2.22. The summed E-state index contributed by atoms with van der Waals surface area (Å²) in [7, 11) is 0. The summed E-state index contributed by atoms with van der Waals surface area (Å²) >= 11 is 0. The van der Waals surface area contributed by atoms with Gasteiger partial charge in [0.1, 0.15) is 6.10 Å². The number of carbonyl (C=O) groups is 1. The fourth-order valence-electron chi connectivity index (χ4n) is 1.92. The first kappa shape index (κ1) is 12.1. The van der Waals surface area contributed by atoms with E-state index in [2.05, 4.69) is 6.07 Å². The Labute approximate surface area is 100 Å². The lowest BCUT2D eigenvalue weighted by molar-refractivity contribution is -0.152. The van der Waals surface area contributed by atoms with Crippen molar-refractivity contribution in [3.63, 3.8) is 0 Å². The predicted octanol–water partition coefficient (Wildman–Crippen LogP) is 1.79. The van der Waals surface area contributed by atoms with Crippen LogP contribution in [0.3, 0.4) is 0 Å². The number of hydrogen-bond donors (Lipinski definition) is 1. The van der Waals surface area contributed by atoms with Crippen LogP contribution in [0.2, 0.25) is 0 Å². The molecule has 1 N–H and O–H groups in total. The molecule has 1 aliphatic rings. The predicted molar refractivity (Wildman–Crippen MR) is 61.9 cm³/mol. The summed E-state index contributed by atoms with van der Waals surface area (Å²) in [5, 5.41) is 8.74.